The van der Waals surface area contributed by atoms with Crippen LogP contribution < -0.4 is 11.1 Å². The van der Waals surface area contributed by atoms with Gasteiger partial charge in [-0.3, -0.25) is 14.4 Å². The van der Waals surface area contributed by atoms with Crippen molar-refractivity contribution in [3.05, 3.63) is 58.7 Å². The topological polar surface area (TPSA) is 89.3 Å². The molecule has 0 atom stereocenters. The van der Waals surface area contributed by atoms with Crippen LogP contribution in [-0.4, -0.2) is 17.5 Å². The summed E-state index contributed by atoms with van der Waals surface area (Å²) in [5, 5.41) is 2.57. The second-order valence-corrected chi connectivity index (χ2v) is 4.84. The number of nitrogens with one attached hydrogen (secondary N) is 1. The summed E-state index contributed by atoms with van der Waals surface area (Å²) in [5.41, 5.74) is 7.38. The lowest BCUT2D eigenvalue weighted by molar-refractivity contribution is -0.114. The van der Waals surface area contributed by atoms with Crippen LogP contribution in [0.5, 0.6) is 0 Å². The SMILES string of the molecule is CC(=O)Nc1ccc(N)c2c1C(=O)c1ccccc1C2=O. The summed E-state index contributed by atoms with van der Waals surface area (Å²) in [6.07, 6.45) is 0. The molecule has 0 spiro atoms. The molecule has 5 heteroatoms. The van der Waals surface area contributed by atoms with Crippen molar-refractivity contribution in [3.63, 3.8) is 0 Å². The Labute approximate surface area is 120 Å². The van der Waals surface area contributed by atoms with Gasteiger partial charge in [0.05, 0.1) is 16.8 Å². The van der Waals surface area contributed by atoms with Gasteiger partial charge in [-0.2, -0.15) is 0 Å². The summed E-state index contributed by atoms with van der Waals surface area (Å²) in [6.45, 7) is 1.34. The molecule has 3 N–H and O–H groups in total. The molecule has 2 aromatic rings. The van der Waals surface area contributed by atoms with Crippen molar-refractivity contribution < 1.29 is 14.4 Å². The molecule has 5 nitrogen and oxygen atoms in total. The fourth-order valence-electron chi connectivity index (χ4n) is 2.54. The largest absolute Gasteiger partial charge is 0.398 e. The van der Waals surface area contributed by atoms with Crippen molar-refractivity contribution in [2.24, 2.45) is 0 Å². The van der Waals surface area contributed by atoms with E-state index in [1.54, 1.807) is 24.3 Å². The van der Waals surface area contributed by atoms with Gasteiger partial charge in [0, 0.05) is 23.7 Å². The zero-order chi connectivity index (χ0) is 15.1. The predicted molar refractivity (Wildman–Crippen MR) is 78.5 cm³/mol. The highest BCUT2D eigenvalue weighted by molar-refractivity contribution is 6.32. The van der Waals surface area contributed by atoms with Gasteiger partial charge in [0.1, 0.15) is 0 Å². The number of carbonyl (C=O) groups excluding carboxylic acids is 3. The molecule has 3 rings (SSSR count). The Hall–Kier alpha value is -2.95. The summed E-state index contributed by atoms with van der Waals surface area (Å²) in [5.74, 6) is -0.928. The minimum Gasteiger partial charge on any atom is -0.398 e. The Balaban J connectivity index is 2.31. The third-order valence-corrected chi connectivity index (χ3v) is 3.42. The molecule has 0 saturated heterocycles. The molecule has 1 aliphatic carbocycles. The van der Waals surface area contributed by atoms with Crippen LogP contribution in [0.2, 0.25) is 0 Å². The number of rotatable bonds is 1. The summed E-state index contributed by atoms with van der Waals surface area (Å²) in [6, 6.07) is 9.64. The molecule has 0 fully saturated rings. The first kappa shape index (κ1) is 13.1. The Morgan fingerprint density at radius 1 is 0.952 bits per heavy atom. The summed E-state index contributed by atoms with van der Waals surface area (Å²) >= 11 is 0. The second-order valence-electron chi connectivity index (χ2n) is 4.84. The van der Waals surface area contributed by atoms with E-state index in [0.717, 1.165) is 0 Å². The van der Waals surface area contributed by atoms with E-state index in [0.29, 0.717) is 16.8 Å². The zero-order valence-electron chi connectivity index (χ0n) is 11.3. The van der Waals surface area contributed by atoms with Crippen LogP contribution in [0.4, 0.5) is 11.4 Å². The second kappa shape index (κ2) is 4.56. The molecule has 0 bridgehead atoms. The van der Waals surface area contributed by atoms with Crippen LogP contribution in [0.15, 0.2) is 36.4 Å². The smallest absolute Gasteiger partial charge is 0.221 e. The molecular weight excluding hydrogens is 268 g/mol. The van der Waals surface area contributed by atoms with Crippen LogP contribution in [0.3, 0.4) is 0 Å². The maximum absolute atomic E-state index is 12.6. The molecule has 0 saturated carbocycles. The molecule has 1 amide bonds. The number of carbonyl (C=O) groups is 3. The van der Waals surface area contributed by atoms with E-state index in [-0.39, 0.29) is 34.3 Å². The normalized spacial score (nSPS) is 12.6. The number of nitrogen functional groups attached to an aromatic ring is 1. The maximum Gasteiger partial charge on any atom is 0.221 e. The number of ketones is 2. The fraction of sp³-hybridized carbons (Fsp3) is 0.0625. The van der Waals surface area contributed by atoms with Gasteiger partial charge in [-0.05, 0) is 12.1 Å². The van der Waals surface area contributed by atoms with Crippen LogP contribution >= 0.6 is 0 Å². The Kier molecular flexibility index (Phi) is 2.83. The third kappa shape index (κ3) is 1.90. The maximum atomic E-state index is 12.6. The van der Waals surface area contributed by atoms with Crippen molar-refractivity contribution >= 4 is 28.8 Å². The Morgan fingerprint density at radius 3 is 2.10 bits per heavy atom. The first-order chi connectivity index (χ1) is 10.0. The Bertz CT molecular complexity index is 809. The number of anilines is 2. The van der Waals surface area contributed by atoms with Gasteiger partial charge in [0.25, 0.3) is 0 Å². The number of hydrogen-bond donors (Lipinski definition) is 2. The van der Waals surface area contributed by atoms with Gasteiger partial charge in [0.15, 0.2) is 11.6 Å². The quantitative estimate of drug-likeness (QED) is 0.667. The lowest BCUT2D eigenvalue weighted by Crippen LogP contribution is -2.24. The van der Waals surface area contributed by atoms with Gasteiger partial charge in [0.2, 0.25) is 5.91 Å². The first-order valence-corrected chi connectivity index (χ1v) is 6.39. The summed E-state index contributed by atoms with van der Waals surface area (Å²) < 4.78 is 0. The fourth-order valence-corrected chi connectivity index (χ4v) is 2.54. The van der Waals surface area contributed by atoms with Crippen LogP contribution in [-0.2, 0) is 4.79 Å². The third-order valence-electron chi connectivity index (χ3n) is 3.42. The Morgan fingerprint density at radius 2 is 1.52 bits per heavy atom. The minimum absolute atomic E-state index is 0.157. The van der Waals surface area contributed by atoms with Crippen molar-refractivity contribution in [1.82, 2.24) is 0 Å². The molecular formula is C16H12N2O3. The van der Waals surface area contributed by atoms with Crippen LogP contribution in [0.25, 0.3) is 0 Å². The van der Waals surface area contributed by atoms with Crippen molar-refractivity contribution in [2.45, 2.75) is 6.92 Å². The number of fused-ring (bicyclic) bond motifs is 2. The van der Waals surface area contributed by atoms with Crippen molar-refractivity contribution in [2.75, 3.05) is 11.1 Å². The van der Waals surface area contributed by atoms with Gasteiger partial charge >= 0.3 is 0 Å². The van der Waals surface area contributed by atoms with E-state index >= 15 is 0 Å². The molecule has 2 aromatic carbocycles. The minimum atomic E-state index is -0.318. The molecule has 0 heterocycles. The molecule has 0 aliphatic heterocycles. The average molecular weight is 280 g/mol. The van der Waals surface area contributed by atoms with Gasteiger partial charge in [-0.25, -0.2) is 0 Å². The molecule has 21 heavy (non-hydrogen) atoms. The van der Waals surface area contributed by atoms with Gasteiger partial charge in [-0.1, -0.05) is 24.3 Å². The standard InChI is InChI=1S/C16H12N2O3/c1-8(19)18-12-7-6-11(17)13-14(12)16(21)10-5-3-2-4-9(10)15(13)20/h2-7H,17H2,1H3,(H,18,19). The number of hydrogen-bond acceptors (Lipinski definition) is 4. The molecule has 104 valence electrons. The summed E-state index contributed by atoms with van der Waals surface area (Å²) in [4.78, 5) is 36.5. The lowest BCUT2D eigenvalue weighted by Gasteiger charge is -2.21. The van der Waals surface area contributed by atoms with Crippen LogP contribution in [0.1, 0.15) is 38.8 Å². The highest BCUT2D eigenvalue weighted by atomic mass is 16.2. The van der Waals surface area contributed by atoms with Crippen molar-refractivity contribution in [1.29, 1.82) is 0 Å². The number of amides is 1. The van der Waals surface area contributed by atoms with Gasteiger partial charge < -0.3 is 11.1 Å². The average Bonchev–Trinajstić information content (AvgIpc) is 2.46. The van der Waals surface area contributed by atoms with E-state index in [2.05, 4.69) is 5.32 Å². The number of nitrogens with two attached hydrogens (primary N) is 1. The summed E-state index contributed by atoms with van der Waals surface area (Å²) in [7, 11) is 0. The van der Waals surface area contributed by atoms with E-state index < -0.39 is 0 Å². The molecule has 1 aliphatic rings. The zero-order valence-corrected chi connectivity index (χ0v) is 11.3. The van der Waals surface area contributed by atoms with Crippen LogP contribution in [0, 0.1) is 0 Å². The van der Waals surface area contributed by atoms with E-state index in [9.17, 15) is 14.4 Å². The molecule has 0 radical (unpaired) electrons. The van der Waals surface area contributed by atoms with E-state index in [1.165, 1.54) is 19.1 Å². The first-order valence-electron chi connectivity index (χ1n) is 6.39. The molecule has 0 aromatic heterocycles. The molecule has 0 unspecified atom stereocenters. The monoisotopic (exact) mass is 280 g/mol. The highest BCUT2D eigenvalue weighted by Gasteiger charge is 2.33. The number of benzene rings is 2. The predicted octanol–water partition coefficient (Wildman–Crippen LogP) is 2.00. The van der Waals surface area contributed by atoms with E-state index in [4.69, 9.17) is 5.73 Å². The highest BCUT2D eigenvalue weighted by Crippen LogP contribution is 2.35. The van der Waals surface area contributed by atoms with E-state index in [1.807, 2.05) is 0 Å². The van der Waals surface area contributed by atoms with Crippen molar-refractivity contribution in [3.8, 4) is 0 Å². The lowest BCUT2D eigenvalue weighted by atomic mass is 9.82. The van der Waals surface area contributed by atoms with Gasteiger partial charge in [-0.15, -0.1) is 0 Å².